The van der Waals surface area contributed by atoms with E-state index in [1.54, 1.807) is 18.0 Å². The van der Waals surface area contributed by atoms with E-state index in [-0.39, 0.29) is 11.4 Å². The van der Waals surface area contributed by atoms with Gasteiger partial charge in [0.15, 0.2) is 5.56 Å². The maximum absolute atomic E-state index is 12.1. The van der Waals surface area contributed by atoms with E-state index in [0.717, 1.165) is 10.1 Å². The van der Waals surface area contributed by atoms with Crippen LogP contribution in [0, 0.1) is 11.3 Å². The fraction of sp³-hybridized carbons (Fsp3) is 0.267. The van der Waals surface area contributed by atoms with Crippen molar-refractivity contribution < 1.29 is 0 Å². The van der Waals surface area contributed by atoms with Crippen molar-refractivity contribution in [2.24, 2.45) is 14.1 Å². The van der Waals surface area contributed by atoms with Gasteiger partial charge in [-0.1, -0.05) is 29.8 Å². The van der Waals surface area contributed by atoms with Crippen molar-refractivity contribution in [1.29, 1.82) is 5.26 Å². The Morgan fingerprint density at radius 3 is 2.45 bits per heavy atom. The van der Waals surface area contributed by atoms with Gasteiger partial charge in [0.2, 0.25) is 0 Å². The first-order valence-electron chi connectivity index (χ1n) is 6.53. The number of hydrogen-bond acceptors (Lipinski definition) is 4. The van der Waals surface area contributed by atoms with Gasteiger partial charge in [-0.05, 0) is 11.6 Å². The third kappa shape index (κ3) is 2.63. The molecule has 114 valence electrons. The van der Waals surface area contributed by atoms with Gasteiger partial charge in [-0.25, -0.2) is 4.79 Å². The Balaban J connectivity index is 2.58. The number of hydrogen-bond donors (Lipinski definition) is 0. The Morgan fingerprint density at radius 2 is 1.86 bits per heavy atom. The van der Waals surface area contributed by atoms with Gasteiger partial charge < -0.3 is 4.90 Å². The molecular weight excluding hydrogens is 304 g/mol. The molecule has 0 bridgehead atoms. The van der Waals surface area contributed by atoms with Crippen LogP contribution in [0.5, 0.6) is 0 Å². The Kier molecular flexibility index (Phi) is 4.38. The van der Waals surface area contributed by atoms with E-state index >= 15 is 0 Å². The molecule has 0 aliphatic rings. The molecule has 0 fully saturated rings. The summed E-state index contributed by atoms with van der Waals surface area (Å²) >= 11 is 6.13. The maximum Gasteiger partial charge on any atom is 0.332 e. The van der Waals surface area contributed by atoms with Crippen LogP contribution in [0.1, 0.15) is 11.1 Å². The largest absolute Gasteiger partial charge is 0.355 e. The van der Waals surface area contributed by atoms with E-state index in [0.29, 0.717) is 11.6 Å². The number of aromatic nitrogens is 2. The zero-order valence-corrected chi connectivity index (χ0v) is 13.3. The van der Waals surface area contributed by atoms with Crippen LogP contribution in [0.15, 0.2) is 33.9 Å². The van der Waals surface area contributed by atoms with Crippen molar-refractivity contribution in [3.8, 4) is 6.07 Å². The van der Waals surface area contributed by atoms with Crippen LogP contribution in [0.25, 0.3) is 0 Å². The number of nitriles is 1. The summed E-state index contributed by atoms with van der Waals surface area (Å²) in [6, 6.07) is 9.17. The highest BCUT2D eigenvalue weighted by Crippen LogP contribution is 2.20. The molecule has 22 heavy (non-hydrogen) atoms. The predicted molar refractivity (Wildman–Crippen MR) is 85.2 cm³/mol. The van der Waals surface area contributed by atoms with Crippen molar-refractivity contribution in [3.05, 3.63) is 61.3 Å². The summed E-state index contributed by atoms with van der Waals surface area (Å²) < 4.78 is 2.21. The zero-order chi connectivity index (χ0) is 16.4. The molecule has 0 aliphatic heterocycles. The lowest BCUT2D eigenvalue weighted by atomic mass is 10.2. The molecule has 0 radical (unpaired) electrons. The van der Waals surface area contributed by atoms with Crippen molar-refractivity contribution in [3.63, 3.8) is 0 Å². The van der Waals surface area contributed by atoms with Crippen molar-refractivity contribution >= 4 is 17.4 Å². The van der Waals surface area contributed by atoms with E-state index in [1.807, 2.05) is 24.3 Å². The van der Waals surface area contributed by atoms with Gasteiger partial charge >= 0.3 is 5.69 Å². The molecule has 1 aromatic heterocycles. The molecule has 0 spiro atoms. The number of anilines is 1. The highest BCUT2D eigenvalue weighted by Gasteiger charge is 2.19. The summed E-state index contributed by atoms with van der Waals surface area (Å²) in [5, 5.41) is 9.86. The number of halogens is 1. The van der Waals surface area contributed by atoms with Crippen molar-refractivity contribution in [2.75, 3.05) is 11.9 Å². The molecule has 2 aromatic rings. The molecule has 0 aliphatic carbocycles. The van der Waals surface area contributed by atoms with Gasteiger partial charge in [0.1, 0.15) is 11.9 Å². The molecule has 7 heteroatoms. The minimum atomic E-state index is -0.605. The van der Waals surface area contributed by atoms with Crippen LogP contribution in [-0.2, 0) is 20.6 Å². The Labute approximate surface area is 132 Å². The van der Waals surface area contributed by atoms with E-state index in [1.165, 1.54) is 18.7 Å². The molecule has 0 unspecified atom stereocenters. The normalized spacial score (nSPS) is 10.3. The van der Waals surface area contributed by atoms with Gasteiger partial charge in [-0.3, -0.25) is 13.9 Å². The smallest absolute Gasteiger partial charge is 0.332 e. The summed E-state index contributed by atoms with van der Waals surface area (Å²) in [6.07, 6.45) is 0. The zero-order valence-electron chi connectivity index (χ0n) is 12.5. The molecule has 1 heterocycles. The van der Waals surface area contributed by atoms with E-state index in [2.05, 4.69) is 0 Å². The van der Waals surface area contributed by atoms with E-state index < -0.39 is 11.2 Å². The first-order chi connectivity index (χ1) is 10.4. The highest BCUT2D eigenvalue weighted by molar-refractivity contribution is 6.31. The lowest BCUT2D eigenvalue weighted by Gasteiger charge is -2.23. The molecular formula is C15H15ClN4O2. The van der Waals surface area contributed by atoms with Crippen LogP contribution in [-0.4, -0.2) is 16.2 Å². The SMILES string of the molecule is CN(Cc1ccccc1Cl)c1c(C#N)c(=O)n(C)c(=O)n1C. The minimum Gasteiger partial charge on any atom is -0.355 e. The third-order valence-corrected chi connectivity index (χ3v) is 3.84. The first kappa shape index (κ1) is 15.9. The summed E-state index contributed by atoms with van der Waals surface area (Å²) in [6.45, 7) is 0.370. The van der Waals surface area contributed by atoms with Crippen LogP contribution < -0.4 is 16.1 Å². The van der Waals surface area contributed by atoms with Crippen LogP contribution in [0.2, 0.25) is 5.02 Å². The summed E-state index contributed by atoms with van der Waals surface area (Å²) in [5.41, 5.74) is -0.320. The second-order valence-electron chi connectivity index (χ2n) is 4.96. The lowest BCUT2D eigenvalue weighted by Crippen LogP contribution is -2.41. The Bertz CT molecular complexity index is 877. The van der Waals surface area contributed by atoms with Gasteiger partial charge in [-0.2, -0.15) is 5.26 Å². The molecule has 0 saturated heterocycles. The topological polar surface area (TPSA) is 71.0 Å². The predicted octanol–water partition coefficient (Wildman–Crippen LogP) is 1.25. The van der Waals surface area contributed by atoms with Crippen LogP contribution in [0.4, 0.5) is 5.82 Å². The van der Waals surface area contributed by atoms with Crippen molar-refractivity contribution in [1.82, 2.24) is 9.13 Å². The average molecular weight is 319 g/mol. The fourth-order valence-corrected chi connectivity index (χ4v) is 2.53. The summed E-state index contributed by atoms with van der Waals surface area (Å²) in [5.74, 6) is 0.274. The molecule has 0 atom stereocenters. The van der Waals surface area contributed by atoms with Crippen LogP contribution >= 0.6 is 11.6 Å². The van der Waals surface area contributed by atoms with Gasteiger partial charge in [-0.15, -0.1) is 0 Å². The molecule has 0 amide bonds. The average Bonchev–Trinajstić information content (AvgIpc) is 2.50. The Morgan fingerprint density at radius 1 is 1.23 bits per heavy atom. The number of benzene rings is 1. The molecule has 6 nitrogen and oxygen atoms in total. The fourth-order valence-electron chi connectivity index (χ4n) is 2.34. The quantitative estimate of drug-likeness (QED) is 0.854. The maximum atomic E-state index is 12.1. The van der Waals surface area contributed by atoms with Gasteiger partial charge in [0.25, 0.3) is 5.56 Å². The van der Waals surface area contributed by atoms with E-state index in [9.17, 15) is 14.9 Å². The van der Waals surface area contributed by atoms with E-state index in [4.69, 9.17) is 11.6 Å². The molecule has 2 rings (SSSR count). The number of rotatable bonds is 3. The molecule has 1 aromatic carbocycles. The Hall–Kier alpha value is -2.52. The van der Waals surface area contributed by atoms with Crippen molar-refractivity contribution in [2.45, 2.75) is 6.54 Å². The molecule has 0 N–H and O–H groups in total. The second-order valence-corrected chi connectivity index (χ2v) is 5.37. The second kappa shape index (κ2) is 6.08. The van der Waals surface area contributed by atoms with Gasteiger partial charge in [0, 0.05) is 32.7 Å². The highest BCUT2D eigenvalue weighted by atomic mass is 35.5. The van der Waals surface area contributed by atoms with Crippen LogP contribution in [0.3, 0.4) is 0 Å². The lowest BCUT2D eigenvalue weighted by molar-refractivity contribution is 0.667. The summed E-state index contributed by atoms with van der Waals surface area (Å²) in [7, 11) is 4.59. The van der Waals surface area contributed by atoms with Gasteiger partial charge in [0.05, 0.1) is 0 Å². The standard InChI is InChI=1S/C15H15ClN4O2/c1-18(9-10-6-4-5-7-12(10)16)13-11(8-17)14(21)20(3)15(22)19(13)2/h4-7H,9H2,1-3H3. The first-order valence-corrected chi connectivity index (χ1v) is 6.91. The summed E-state index contributed by atoms with van der Waals surface area (Å²) in [4.78, 5) is 25.8. The molecule has 0 saturated carbocycles. The monoisotopic (exact) mass is 318 g/mol. The third-order valence-electron chi connectivity index (χ3n) is 3.47. The minimum absolute atomic E-state index is 0.0702. The number of nitrogens with zero attached hydrogens (tertiary/aromatic N) is 4.